The minimum Gasteiger partial charge on any atom is -0.395 e. The lowest BCUT2D eigenvalue weighted by atomic mass is 9.85. The summed E-state index contributed by atoms with van der Waals surface area (Å²) in [4.78, 5) is 24.9. The molecule has 3 aliphatic heterocycles. The van der Waals surface area contributed by atoms with Gasteiger partial charge in [-0.3, -0.25) is 14.5 Å². The summed E-state index contributed by atoms with van der Waals surface area (Å²) < 4.78 is 5.46. The quantitative estimate of drug-likeness (QED) is 0.464. The van der Waals surface area contributed by atoms with Gasteiger partial charge in [0.2, 0.25) is 11.8 Å². The minimum atomic E-state index is -0.348. The maximum Gasteiger partial charge on any atom is 0.236 e. The summed E-state index contributed by atoms with van der Waals surface area (Å²) in [7, 11) is 0. The summed E-state index contributed by atoms with van der Waals surface area (Å²) in [6.45, 7) is -0.0787. The molecular weight excluding hydrogens is 198 g/mol. The van der Waals surface area contributed by atoms with Crippen LogP contribution in [0.5, 0.6) is 0 Å². The van der Waals surface area contributed by atoms with Gasteiger partial charge in [-0.25, -0.2) is 0 Å². The van der Waals surface area contributed by atoms with Crippen LogP contribution in [0.15, 0.2) is 12.2 Å². The van der Waals surface area contributed by atoms with Gasteiger partial charge in [0.05, 0.1) is 37.2 Å². The van der Waals surface area contributed by atoms with E-state index in [1.54, 1.807) is 0 Å². The highest BCUT2D eigenvalue weighted by Crippen LogP contribution is 2.44. The van der Waals surface area contributed by atoms with Crippen molar-refractivity contribution in [1.82, 2.24) is 4.90 Å². The van der Waals surface area contributed by atoms with Gasteiger partial charge in [0.25, 0.3) is 0 Å². The molecule has 5 nitrogen and oxygen atoms in total. The molecule has 4 atom stereocenters. The van der Waals surface area contributed by atoms with Crippen molar-refractivity contribution in [1.29, 1.82) is 0 Å². The lowest BCUT2D eigenvalue weighted by Crippen LogP contribution is -2.36. The van der Waals surface area contributed by atoms with Crippen LogP contribution in [0.25, 0.3) is 0 Å². The minimum absolute atomic E-state index is 0.101. The van der Waals surface area contributed by atoms with E-state index in [-0.39, 0.29) is 49.0 Å². The fourth-order valence-electron chi connectivity index (χ4n) is 2.69. The van der Waals surface area contributed by atoms with Crippen molar-refractivity contribution in [2.75, 3.05) is 13.2 Å². The van der Waals surface area contributed by atoms with Crippen molar-refractivity contribution in [2.24, 2.45) is 11.8 Å². The first kappa shape index (κ1) is 9.06. The van der Waals surface area contributed by atoms with Crippen LogP contribution in [-0.4, -0.2) is 47.2 Å². The molecule has 0 aliphatic carbocycles. The summed E-state index contributed by atoms with van der Waals surface area (Å²) in [5.74, 6) is -1.09. The van der Waals surface area contributed by atoms with Gasteiger partial charge in [0.15, 0.2) is 0 Å². The van der Waals surface area contributed by atoms with E-state index >= 15 is 0 Å². The van der Waals surface area contributed by atoms with Crippen LogP contribution >= 0.6 is 0 Å². The number of carbonyl (C=O) groups excluding carboxylic acids is 2. The van der Waals surface area contributed by atoms with Crippen LogP contribution < -0.4 is 0 Å². The molecule has 3 heterocycles. The van der Waals surface area contributed by atoms with Gasteiger partial charge in [-0.15, -0.1) is 0 Å². The van der Waals surface area contributed by atoms with Crippen molar-refractivity contribution < 1.29 is 19.4 Å². The van der Waals surface area contributed by atoms with Crippen molar-refractivity contribution in [3.63, 3.8) is 0 Å². The van der Waals surface area contributed by atoms with Gasteiger partial charge in [0, 0.05) is 0 Å². The number of likely N-dealkylation sites (tertiary alicyclic amines) is 1. The Morgan fingerprint density at radius 2 is 1.73 bits per heavy atom. The largest absolute Gasteiger partial charge is 0.395 e. The Hall–Kier alpha value is -1.20. The molecule has 2 fully saturated rings. The van der Waals surface area contributed by atoms with E-state index in [4.69, 9.17) is 9.84 Å². The molecule has 0 radical (unpaired) electrons. The van der Waals surface area contributed by atoms with Crippen molar-refractivity contribution in [2.45, 2.75) is 12.2 Å². The molecule has 2 unspecified atom stereocenters. The Kier molecular flexibility index (Phi) is 1.75. The third-order valence-electron chi connectivity index (χ3n) is 3.33. The number of amides is 2. The zero-order valence-corrected chi connectivity index (χ0v) is 8.00. The van der Waals surface area contributed by atoms with E-state index in [2.05, 4.69) is 0 Å². The molecule has 0 aromatic rings. The Bertz CT molecular complexity index is 334. The van der Waals surface area contributed by atoms with Crippen LogP contribution in [0.2, 0.25) is 0 Å². The molecule has 3 rings (SSSR count). The lowest BCUT2D eigenvalue weighted by Gasteiger charge is -2.15. The number of imide groups is 1. The van der Waals surface area contributed by atoms with Gasteiger partial charge in [-0.05, 0) is 0 Å². The van der Waals surface area contributed by atoms with E-state index < -0.39 is 0 Å². The maximum absolute atomic E-state index is 11.9. The second-order valence-corrected chi connectivity index (χ2v) is 4.05. The van der Waals surface area contributed by atoms with Crippen molar-refractivity contribution in [3.8, 4) is 0 Å². The van der Waals surface area contributed by atoms with Gasteiger partial charge < -0.3 is 9.84 Å². The number of aliphatic hydroxyl groups is 1. The Morgan fingerprint density at radius 1 is 1.20 bits per heavy atom. The van der Waals surface area contributed by atoms with Crippen molar-refractivity contribution in [3.05, 3.63) is 12.2 Å². The average molecular weight is 209 g/mol. The van der Waals surface area contributed by atoms with Gasteiger partial charge >= 0.3 is 0 Å². The molecule has 2 bridgehead atoms. The fourth-order valence-corrected chi connectivity index (χ4v) is 2.69. The summed E-state index contributed by atoms with van der Waals surface area (Å²) >= 11 is 0. The molecule has 80 valence electrons. The van der Waals surface area contributed by atoms with E-state index in [0.29, 0.717) is 0 Å². The highest BCUT2D eigenvalue weighted by molar-refractivity contribution is 6.06. The first-order valence-corrected chi connectivity index (χ1v) is 5.04. The fraction of sp³-hybridized carbons (Fsp3) is 0.600. The molecule has 1 N–H and O–H groups in total. The summed E-state index contributed by atoms with van der Waals surface area (Å²) in [5.41, 5.74) is 0. The van der Waals surface area contributed by atoms with Crippen LogP contribution in [-0.2, 0) is 14.3 Å². The predicted octanol–water partition coefficient (Wildman–Crippen LogP) is -1.08. The van der Waals surface area contributed by atoms with Crippen LogP contribution in [0.1, 0.15) is 0 Å². The normalized spacial score (nSPS) is 41.8. The number of rotatable bonds is 2. The SMILES string of the molecule is O=C1C2C(C(=O)N1CCO)[C@H]1C=C[C@H]2O1. The van der Waals surface area contributed by atoms with Gasteiger partial charge in [-0.1, -0.05) is 12.2 Å². The smallest absolute Gasteiger partial charge is 0.236 e. The first-order chi connectivity index (χ1) is 7.24. The number of β-amino-alcohol motifs (C(OH)–C–C–N with tert-alkyl or cyclic N) is 1. The zero-order valence-electron chi connectivity index (χ0n) is 8.00. The first-order valence-electron chi connectivity index (χ1n) is 5.04. The van der Waals surface area contributed by atoms with Crippen molar-refractivity contribution >= 4 is 11.8 Å². The number of carbonyl (C=O) groups is 2. The molecule has 0 aromatic heterocycles. The standard InChI is InChI=1S/C10H11NO4/c12-4-3-11-9(13)7-5-1-2-6(15-5)8(7)10(11)14/h1-2,5-8,12H,3-4H2/t5-,6-,7?,8?/m1/s1. The second kappa shape index (κ2) is 2.90. The average Bonchev–Trinajstić information content (AvgIpc) is 2.87. The molecule has 0 aromatic carbocycles. The molecule has 5 heteroatoms. The highest BCUT2D eigenvalue weighted by Gasteiger charge is 2.60. The number of nitrogens with zero attached hydrogens (tertiary/aromatic N) is 1. The molecule has 0 spiro atoms. The number of fused-ring (bicyclic) bond motifs is 5. The predicted molar refractivity (Wildman–Crippen MR) is 48.6 cm³/mol. The van der Waals surface area contributed by atoms with E-state index in [9.17, 15) is 9.59 Å². The third-order valence-corrected chi connectivity index (χ3v) is 3.33. The molecule has 2 amide bonds. The summed E-state index contributed by atoms with van der Waals surface area (Å²) in [5, 5.41) is 8.78. The van der Waals surface area contributed by atoms with Crippen LogP contribution in [0, 0.1) is 11.8 Å². The topological polar surface area (TPSA) is 66.8 Å². The summed E-state index contributed by atoms with van der Waals surface area (Å²) in [6.07, 6.45) is 3.22. The second-order valence-electron chi connectivity index (χ2n) is 4.05. The van der Waals surface area contributed by atoms with Crippen LogP contribution in [0.3, 0.4) is 0 Å². The van der Waals surface area contributed by atoms with Crippen LogP contribution in [0.4, 0.5) is 0 Å². The summed E-state index contributed by atoms with van der Waals surface area (Å²) in [6, 6.07) is 0. The number of hydrogen-bond donors (Lipinski definition) is 1. The monoisotopic (exact) mass is 209 g/mol. The number of hydrogen-bond acceptors (Lipinski definition) is 4. The van der Waals surface area contributed by atoms with E-state index in [1.165, 1.54) is 0 Å². The Morgan fingerprint density at radius 3 is 2.20 bits per heavy atom. The highest BCUT2D eigenvalue weighted by atomic mass is 16.5. The van der Waals surface area contributed by atoms with E-state index in [1.807, 2.05) is 12.2 Å². The zero-order chi connectivity index (χ0) is 10.6. The third kappa shape index (κ3) is 0.992. The lowest BCUT2D eigenvalue weighted by molar-refractivity contribution is -0.142. The molecule has 15 heavy (non-hydrogen) atoms. The molecular formula is C10H11NO4. The maximum atomic E-state index is 11.9. The van der Waals surface area contributed by atoms with Gasteiger partial charge in [-0.2, -0.15) is 0 Å². The number of aliphatic hydroxyl groups excluding tert-OH is 1. The molecule has 3 aliphatic rings. The molecule has 2 saturated heterocycles. The number of ether oxygens (including phenoxy) is 1. The Balaban J connectivity index is 1.93. The Labute approximate surface area is 86.3 Å². The van der Waals surface area contributed by atoms with E-state index in [0.717, 1.165) is 4.90 Å². The molecule has 0 saturated carbocycles. The van der Waals surface area contributed by atoms with Gasteiger partial charge in [0.1, 0.15) is 0 Å².